The first-order valence-corrected chi connectivity index (χ1v) is 17.9. The summed E-state index contributed by atoms with van der Waals surface area (Å²) < 4.78 is 15.6. The van der Waals surface area contributed by atoms with Crippen molar-refractivity contribution in [2.24, 2.45) is 0 Å². The molecule has 2 aromatic rings. The number of benzene rings is 2. The molecule has 4 heteroatoms. The van der Waals surface area contributed by atoms with Crippen LogP contribution >= 0.6 is 8.25 Å². The quantitative estimate of drug-likeness (QED) is 0.0954. The van der Waals surface area contributed by atoms with E-state index in [-0.39, 0.29) is 0 Å². The van der Waals surface area contributed by atoms with Crippen LogP contribution in [-0.2, 0) is 21.9 Å². The number of hydrogen-bond acceptors (Lipinski definition) is 2. The van der Waals surface area contributed by atoms with Crippen molar-refractivity contribution in [3.05, 3.63) is 70.8 Å². The summed E-state index contributed by atoms with van der Waals surface area (Å²) >= 11 is 0. The lowest BCUT2D eigenvalue weighted by Gasteiger charge is -2.24. The fraction of sp³-hybridized carbons (Fsp3) is 0.667. The lowest BCUT2D eigenvalue weighted by molar-refractivity contribution is 0.273. The van der Waals surface area contributed by atoms with E-state index in [1.54, 1.807) is 22.3 Å². The smallest absolute Gasteiger partial charge is 0.316 e. The van der Waals surface area contributed by atoms with E-state index in [0.717, 1.165) is 19.3 Å². The summed E-state index contributed by atoms with van der Waals surface area (Å²) in [6.45, 7) is 4.97. The molecule has 0 aliphatic heterocycles. The third-order valence-electron chi connectivity index (χ3n) is 8.32. The van der Waals surface area contributed by atoms with Gasteiger partial charge in [-0.2, -0.15) is 0 Å². The SMILES string of the molecule is CCCCCCCCc1ccccc1C(CCCCCCCO[PH](=O)O)c1ccccc1CCCCCCCC. The zero-order chi connectivity index (χ0) is 28.7. The van der Waals surface area contributed by atoms with Gasteiger partial charge in [0.15, 0.2) is 0 Å². The third-order valence-corrected chi connectivity index (χ3v) is 8.77. The van der Waals surface area contributed by atoms with E-state index >= 15 is 0 Å². The first-order chi connectivity index (χ1) is 19.7. The van der Waals surface area contributed by atoms with Gasteiger partial charge in [0, 0.05) is 5.92 Å². The van der Waals surface area contributed by atoms with Crippen LogP contribution in [0, 0.1) is 0 Å². The van der Waals surface area contributed by atoms with Crippen molar-refractivity contribution in [1.29, 1.82) is 0 Å². The summed E-state index contributed by atoms with van der Waals surface area (Å²) in [7, 11) is -2.79. The van der Waals surface area contributed by atoms with Crippen LogP contribution in [0.2, 0.25) is 0 Å². The van der Waals surface area contributed by atoms with Gasteiger partial charge in [0.05, 0.1) is 6.61 Å². The normalized spacial score (nSPS) is 12.3. The monoisotopic (exact) mass is 570 g/mol. The molecule has 0 fully saturated rings. The van der Waals surface area contributed by atoms with Crippen molar-refractivity contribution in [3.8, 4) is 0 Å². The van der Waals surface area contributed by atoms with Gasteiger partial charge in [-0.15, -0.1) is 0 Å². The van der Waals surface area contributed by atoms with E-state index < -0.39 is 8.25 Å². The Morgan fingerprint density at radius 3 is 1.52 bits per heavy atom. The van der Waals surface area contributed by atoms with Crippen molar-refractivity contribution in [2.75, 3.05) is 6.61 Å². The largest absolute Gasteiger partial charge is 0.326 e. The summed E-state index contributed by atoms with van der Waals surface area (Å²) in [6, 6.07) is 18.6. The summed E-state index contributed by atoms with van der Waals surface area (Å²) in [5.74, 6) is 0.455. The minimum Gasteiger partial charge on any atom is -0.326 e. The van der Waals surface area contributed by atoms with Gasteiger partial charge >= 0.3 is 8.25 Å². The van der Waals surface area contributed by atoms with Crippen LogP contribution < -0.4 is 0 Å². The molecule has 0 aliphatic carbocycles. The number of hydrogen-bond donors (Lipinski definition) is 1. The summed E-state index contributed by atoms with van der Waals surface area (Å²) in [5, 5.41) is 0. The number of rotatable bonds is 25. The minimum absolute atomic E-state index is 0.397. The van der Waals surface area contributed by atoms with Crippen molar-refractivity contribution >= 4 is 8.25 Å². The molecule has 40 heavy (non-hydrogen) atoms. The third kappa shape index (κ3) is 15.0. The van der Waals surface area contributed by atoms with E-state index in [9.17, 15) is 4.57 Å². The fourth-order valence-electron chi connectivity index (χ4n) is 6.01. The first-order valence-electron chi connectivity index (χ1n) is 16.7. The van der Waals surface area contributed by atoms with Crippen LogP contribution in [0.1, 0.15) is 158 Å². The average Bonchev–Trinajstić information content (AvgIpc) is 2.96. The maximum absolute atomic E-state index is 10.7. The standard InChI is InChI=1S/C36H59O3P/c1-3-5-7-9-12-16-24-32-26-19-21-28-34(32)36(30-18-14-11-15-23-31-39-40(37)38)35-29-22-20-27-33(35)25-17-13-10-8-6-4-2/h19-22,26-29,36,40H,3-18,23-25,30-31H2,1-2H3,(H,37,38). The number of unbranched alkanes of at least 4 members (excludes halogenated alkanes) is 14. The second-order valence-corrected chi connectivity index (χ2v) is 12.5. The van der Waals surface area contributed by atoms with Crippen LogP contribution in [-0.4, -0.2) is 11.5 Å². The Balaban J connectivity index is 2.08. The highest BCUT2D eigenvalue weighted by Gasteiger charge is 2.20. The predicted molar refractivity (Wildman–Crippen MR) is 174 cm³/mol. The summed E-state index contributed by atoms with van der Waals surface area (Å²) in [4.78, 5) is 8.84. The molecule has 1 N–H and O–H groups in total. The second-order valence-electron chi connectivity index (χ2n) is 11.7. The van der Waals surface area contributed by atoms with Gasteiger partial charge in [0.25, 0.3) is 0 Å². The Kier molecular flexibility index (Phi) is 20.2. The van der Waals surface area contributed by atoms with E-state index in [4.69, 9.17) is 9.42 Å². The molecule has 0 spiro atoms. The lowest BCUT2D eigenvalue weighted by Crippen LogP contribution is -2.08. The lowest BCUT2D eigenvalue weighted by atomic mass is 9.80. The van der Waals surface area contributed by atoms with Gasteiger partial charge in [-0.05, 0) is 60.8 Å². The molecule has 0 saturated carbocycles. The zero-order valence-electron chi connectivity index (χ0n) is 25.8. The molecule has 1 atom stereocenters. The highest BCUT2D eigenvalue weighted by molar-refractivity contribution is 7.32. The van der Waals surface area contributed by atoms with E-state index in [0.29, 0.717) is 12.5 Å². The Hall–Kier alpha value is -1.41. The molecule has 0 saturated heterocycles. The van der Waals surface area contributed by atoms with Gasteiger partial charge < -0.3 is 9.42 Å². The Labute approximate surface area is 247 Å². The highest BCUT2D eigenvalue weighted by Crippen LogP contribution is 2.35. The Bertz CT molecular complexity index is 853. The maximum Gasteiger partial charge on any atom is 0.316 e. The molecule has 0 aromatic heterocycles. The molecule has 0 aliphatic rings. The van der Waals surface area contributed by atoms with E-state index in [1.165, 1.54) is 109 Å². The number of aryl methyl sites for hydroxylation is 2. The molecular weight excluding hydrogens is 511 g/mol. The maximum atomic E-state index is 10.7. The molecule has 0 radical (unpaired) electrons. The van der Waals surface area contributed by atoms with Gasteiger partial charge in [0.1, 0.15) is 0 Å². The van der Waals surface area contributed by atoms with Crippen molar-refractivity contribution < 1.29 is 14.0 Å². The van der Waals surface area contributed by atoms with Gasteiger partial charge in [-0.3, -0.25) is 4.57 Å². The molecule has 2 aromatic carbocycles. The molecule has 226 valence electrons. The van der Waals surface area contributed by atoms with Gasteiger partial charge in [0.2, 0.25) is 0 Å². The van der Waals surface area contributed by atoms with Crippen LogP contribution in [0.3, 0.4) is 0 Å². The van der Waals surface area contributed by atoms with Gasteiger partial charge in [-0.1, -0.05) is 152 Å². The molecule has 0 amide bonds. The molecule has 2 rings (SSSR count). The van der Waals surface area contributed by atoms with Crippen molar-refractivity contribution in [2.45, 2.75) is 148 Å². The summed E-state index contributed by atoms with van der Waals surface area (Å²) in [6.07, 6.45) is 25.1. The molecular formula is C36H59O3P. The topological polar surface area (TPSA) is 46.5 Å². The zero-order valence-corrected chi connectivity index (χ0v) is 26.8. The molecule has 0 bridgehead atoms. The summed E-state index contributed by atoms with van der Waals surface area (Å²) in [5.41, 5.74) is 6.20. The molecule has 3 nitrogen and oxygen atoms in total. The van der Waals surface area contributed by atoms with Crippen LogP contribution in [0.5, 0.6) is 0 Å². The molecule has 1 unspecified atom stereocenters. The Morgan fingerprint density at radius 2 is 1.02 bits per heavy atom. The minimum atomic E-state index is -2.79. The van der Waals surface area contributed by atoms with Crippen molar-refractivity contribution in [3.63, 3.8) is 0 Å². The predicted octanol–water partition coefficient (Wildman–Crippen LogP) is 11.4. The van der Waals surface area contributed by atoms with Crippen LogP contribution in [0.4, 0.5) is 0 Å². The van der Waals surface area contributed by atoms with E-state index in [2.05, 4.69) is 62.4 Å². The first kappa shape index (κ1) is 34.8. The van der Waals surface area contributed by atoms with Crippen LogP contribution in [0.15, 0.2) is 48.5 Å². The Morgan fingerprint density at radius 1 is 0.600 bits per heavy atom. The second kappa shape index (κ2) is 23.2. The van der Waals surface area contributed by atoms with Crippen LogP contribution in [0.25, 0.3) is 0 Å². The van der Waals surface area contributed by atoms with Gasteiger partial charge in [-0.25, -0.2) is 0 Å². The average molecular weight is 571 g/mol. The van der Waals surface area contributed by atoms with E-state index in [1.807, 2.05) is 0 Å². The molecule has 0 heterocycles. The fourth-order valence-corrected chi connectivity index (χ4v) is 6.33. The highest BCUT2D eigenvalue weighted by atomic mass is 31.1. The van der Waals surface area contributed by atoms with Crippen molar-refractivity contribution in [1.82, 2.24) is 0 Å².